The zero-order valence-corrected chi connectivity index (χ0v) is 10.4. The van der Waals surface area contributed by atoms with Crippen molar-refractivity contribution in [1.29, 1.82) is 0 Å². The van der Waals surface area contributed by atoms with E-state index >= 15 is 0 Å². The number of hydrazine groups is 1. The Morgan fingerprint density at radius 2 is 2.27 bits per heavy atom. The van der Waals surface area contributed by atoms with Gasteiger partial charge in [0.15, 0.2) is 0 Å². The molecule has 0 aromatic carbocycles. The van der Waals surface area contributed by atoms with E-state index in [1.165, 1.54) is 19.3 Å². The molecule has 0 bridgehead atoms. The lowest BCUT2D eigenvalue weighted by atomic mass is 9.76. The summed E-state index contributed by atoms with van der Waals surface area (Å²) in [6.07, 6.45) is 6.21. The molecular weight excluding hydrogens is 188 g/mol. The minimum Gasteiger partial charge on any atom is -0.385 e. The molecule has 2 unspecified atom stereocenters. The Bertz CT molecular complexity index is 182. The molecule has 0 saturated heterocycles. The van der Waals surface area contributed by atoms with Gasteiger partial charge in [-0.05, 0) is 37.0 Å². The van der Waals surface area contributed by atoms with Crippen molar-refractivity contribution in [2.75, 3.05) is 13.7 Å². The number of methoxy groups -OCH3 is 1. The molecule has 0 aromatic heterocycles. The van der Waals surface area contributed by atoms with Gasteiger partial charge in [-0.15, -0.1) is 0 Å². The largest absolute Gasteiger partial charge is 0.385 e. The molecule has 1 rings (SSSR count). The first-order valence-corrected chi connectivity index (χ1v) is 6.07. The van der Waals surface area contributed by atoms with Crippen LogP contribution in [-0.4, -0.2) is 19.8 Å². The summed E-state index contributed by atoms with van der Waals surface area (Å²) in [5, 5.41) is 0. The van der Waals surface area contributed by atoms with E-state index in [1.807, 2.05) is 0 Å². The van der Waals surface area contributed by atoms with Gasteiger partial charge >= 0.3 is 0 Å². The highest BCUT2D eigenvalue weighted by Crippen LogP contribution is 2.44. The van der Waals surface area contributed by atoms with Crippen molar-refractivity contribution in [1.82, 2.24) is 5.43 Å². The monoisotopic (exact) mass is 214 g/mol. The predicted molar refractivity (Wildman–Crippen MR) is 63.3 cm³/mol. The summed E-state index contributed by atoms with van der Waals surface area (Å²) in [7, 11) is 1.75. The molecule has 3 nitrogen and oxygen atoms in total. The average Bonchev–Trinajstić information content (AvgIpc) is 2.53. The van der Waals surface area contributed by atoms with Crippen LogP contribution < -0.4 is 11.3 Å². The predicted octanol–water partition coefficient (Wildman–Crippen LogP) is 2.07. The van der Waals surface area contributed by atoms with E-state index in [1.54, 1.807) is 7.11 Å². The molecule has 3 heteroatoms. The second-order valence-corrected chi connectivity index (χ2v) is 5.40. The molecule has 0 aliphatic heterocycles. The SMILES string of the molecule is COCCCC(NN)C1CCCC1(C)C. The van der Waals surface area contributed by atoms with Crippen LogP contribution in [0.15, 0.2) is 0 Å². The fraction of sp³-hybridized carbons (Fsp3) is 1.00. The number of nitrogens with two attached hydrogens (primary N) is 1. The highest BCUT2D eigenvalue weighted by molar-refractivity contribution is 4.91. The fourth-order valence-electron chi connectivity index (χ4n) is 2.95. The standard InChI is InChI=1S/C12H26N2O/c1-12(2)8-4-6-10(12)11(14-13)7-5-9-15-3/h10-11,14H,4-9,13H2,1-3H3. The Kier molecular flexibility index (Phi) is 5.03. The molecule has 0 spiro atoms. The zero-order valence-electron chi connectivity index (χ0n) is 10.4. The zero-order chi connectivity index (χ0) is 11.3. The third-order valence-corrected chi connectivity index (χ3v) is 3.90. The van der Waals surface area contributed by atoms with Gasteiger partial charge in [0.25, 0.3) is 0 Å². The summed E-state index contributed by atoms with van der Waals surface area (Å²) < 4.78 is 5.08. The van der Waals surface area contributed by atoms with Crippen LogP contribution in [0.25, 0.3) is 0 Å². The lowest BCUT2D eigenvalue weighted by Gasteiger charge is -2.33. The summed E-state index contributed by atoms with van der Waals surface area (Å²) in [4.78, 5) is 0. The Morgan fingerprint density at radius 3 is 2.73 bits per heavy atom. The maximum absolute atomic E-state index is 5.67. The minimum absolute atomic E-state index is 0.449. The van der Waals surface area contributed by atoms with Crippen LogP contribution in [0, 0.1) is 11.3 Å². The van der Waals surface area contributed by atoms with Crippen LogP contribution in [0.4, 0.5) is 0 Å². The van der Waals surface area contributed by atoms with Gasteiger partial charge in [-0.25, -0.2) is 0 Å². The first-order valence-electron chi connectivity index (χ1n) is 6.07. The Morgan fingerprint density at radius 1 is 1.53 bits per heavy atom. The molecule has 0 heterocycles. The molecule has 2 atom stereocenters. The molecule has 15 heavy (non-hydrogen) atoms. The fourth-order valence-corrected chi connectivity index (χ4v) is 2.95. The first-order chi connectivity index (χ1) is 7.11. The van der Waals surface area contributed by atoms with Crippen LogP contribution in [0.1, 0.15) is 46.0 Å². The van der Waals surface area contributed by atoms with E-state index < -0.39 is 0 Å². The van der Waals surface area contributed by atoms with Crippen molar-refractivity contribution in [2.24, 2.45) is 17.2 Å². The van der Waals surface area contributed by atoms with Crippen molar-refractivity contribution in [2.45, 2.75) is 52.0 Å². The van der Waals surface area contributed by atoms with E-state index in [4.69, 9.17) is 10.6 Å². The van der Waals surface area contributed by atoms with Gasteiger partial charge in [-0.2, -0.15) is 0 Å². The first kappa shape index (κ1) is 12.9. The lowest BCUT2D eigenvalue weighted by molar-refractivity contribution is 0.159. The smallest absolute Gasteiger partial charge is 0.0462 e. The molecule has 0 aromatic rings. The highest BCUT2D eigenvalue weighted by atomic mass is 16.5. The van der Waals surface area contributed by atoms with Gasteiger partial charge in [0, 0.05) is 19.8 Å². The topological polar surface area (TPSA) is 47.3 Å². The summed E-state index contributed by atoms with van der Waals surface area (Å²) in [6.45, 7) is 5.57. The summed E-state index contributed by atoms with van der Waals surface area (Å²) in [6, 6.07) is 0.456. The molecule has 0 radical (unpaired) electrons. The number of ether oxygens (including phenoxy) is 1. The van der Waals surface area contributed by atoms with Gasteiger partial charge < -0.3 is 4.74 Å². The number of nitrogens with one attached hydrogen (secondary N) is 1. The third-order valence-electron chi connectivity index (χ3n) is 3.90. The highest BCUT2D eigenvalue weighted by Gasteiger charge is 2.38. The van der Waals surface area contributed by atoms with E-state index in [0.29, 0.717) is 11.5 Å². The molecule has 3 N–H and O–H groups in total. The van der Waals surface area contributed by atoms with Gasteiger partial charge in [-0.3, -0.25) is 11.3 Å². The quantitative estimate of drug-likeness (QED) is 0.404. The second-order valence-electron chi connectivity index (χ2n) is 5.40. The van der Waals surface area contributed by atoms with E-state index in [9.17, 15) is 0 Å². The molecule has 1 saturated carbocycles. The van der Waals surface area contributed by atoms with Crippen molar-refractivity contribution < 1.29 is 4.74 Å². The van der Waals surface area contributed by atoms with E-state index in [0.717, 1.165) is 25.4 Å². The minimum atomic E-state index is 0.449. The summed E-state index contributed by atoms with van der Waals surface area (Å²) in [5.74, 6) is 6.39. The van der Waals surface area contributed by atoms with E-state index in [-0.39, 0.29) is 0 Å². The maximum Gasteiger partial charge on any atom is 0.0462 e. The average molecular weight is 214 g/mol. The van der Waals surface area contributed by atoms with Gasteiger partial charge in [0.1, 0.15) is 0 Å². The third kappa shape index (κ3) is 3.44. The van der Waals surface area contributed by atoms with Crippen molar-refractivity contribution in [3.63, 3.8) is 0 Å². The molecule has 90 valence electrons. The number of hydrogen-bond donors (Lipinski definition) is 2. The molecule has 1 aliphatic rings. The van der Waals surface area contributed by atoms with Crippen LogP contribution in [0.5, 0.6) is 0 Å². The Balaban J connectivity index is 2.43. The van der Waals surface area contributed by atoms with Gasteiger partial charge in [0.05, 0.1) is 0 Å². The lowest BCUT2D eigenvalue weighted by Crippen LogP contribution is -2.44. The maximum atomic E-state index is 5.67. The van der Waals surface area contributed by atoms with Gasteiger partial charge in [0.2, 0.25) is 0 Å². The Labute approximate surface area is 93.7 Å². The van der Waals surface area contributed by atoms with Crippen LogP contribution in [0.2, 0.25) is 0 Å². The van der Waals surface area contributed by atoms with Crippen molar-refractivity contribution >= 4 is 0 Å². The van der Waals surface area contributed by atoms with E-state index in [2.05, 4.69) is 19.3 Å². The number of rotatable bonds is 6. The molecular formula is C12H26N2O. The van der Waals surface area contributed by atoms with Crippen LogP contribution >= 0.6 is 0 Å². The second kappa shape index (κ2) is 5.83. The van der Waals surface area contributed by atoms with Crippen LogP contribution in [-0.2, 0) is 4.74 Å². The Hall–Kier alpha value is -0.120. The summed E-state index contributed by atoms with van der Waals surface area (Å²) >= 11 is 0. The van der Waals surface area contributed by atoms with Crippen molar-refractivity contribution in [3.8, 4) is 0 Å². The van der Waals surface area contributed by atoms with Crippen molar-refractivity contribution in [3.05, 3.63) is 0 Å². The van der Waals surface area contributed by atoms with Gasteiger partial charge in [-0.1, -0.05) is 20.3 Å². The molecule has 1 aliphatic carbocycles. The summed E-state index contributed by atoms with van der Waals surface area (Å²) in [5.41, 5.74) is 3.45. The molecule has 1 fully saturated rings. The molecule has 0 amide bonds. The number of hydrogen-bond acceptors (Lipinski definition) is 3. The normalized spacial score (nSPS) is 26.8. The van der Waals surface area contributed by atoms with Crippen LogP contribution in [0.3, 0.4) is 0 Å².